The van der Waals surface area contributed by atoms with Crippen LogP contribution in [0.3, 0.4) is 0 Å². The van der Waals surface area contributed by atoms with E-state index in [1.165, 1.54) is 0 Å². The highest BCUT2D eigenvalue weighted by molar-refractivity contribution is 6.40. The minimum Gasteiger partial charge on any atom is -0.497 e. The van der Waals surface area contributed by atoms with Crippen molar-refractivity contribution < 1.29 is 4.74 Å². The molecule has 8 heteroatoms. The summed E-state index contributed by atoms with van der Waals surface area (Å²) in [4.78, 5) is 11.9. The first kappa shape index (κ1) is 26.6. The van der Waals surface area contributed by atoms with Crippen LogP contribution in [0.2, 0.25) is 15.1 Å². The predicted octanol–water partition coefficient (Wildman–Crippen LogP) is 7.69. The third kappa shape index (κ3) is 6.98. The van der Waals surface area contributed by atoms with Gasteiger partial charge in [-0.2, -0.15) is 0 Å². The van der Waals surface area contributed by atoms with Gasteiger partial charge in [0.15, 0.2) is 5.82 Å². The molecule has 3 aromatic rings. The van der Waals surface area contributed by atoms with Crippen LogP contribution in [0.5, 0.6) is 5.75 Å². The van der Waals surface area contributed by atoms with Gasteiger partial charge in [0, 0.05) is 22.0 Å². The van der Waals surface area contributed by atoms with Crippen molar-refractivity contribution in [3.05, 3.63) is 56.8 Å². The molecular weight excluding hydrogens is 491 g/mol. The average molecular weight is 522 g/mol. The van der Waals surface area contributed by atoms with Crippen LogP contribution in [-0.2, 0) is 0 Å². The van der Waals surface area contributed by atoms with Crippen LogP contribution in [0.4, 0.5) is 5.82 Å². The molecule has 0 aliphatic carbocycles. The lowest BCUT2D eigenvalue weighted by Gasteiger charge is -2.20. The van der Waals surface area contributed by atoms with Gasteiger partial charge in [-0.05, 0) is 81.9 Å². The van der Waals surface area contributed by atoms with Crippen molar-refractivity contribution in [3.8, 4) is 5.75 Å². The van der Waals surface area contributed by atoms with Crippen molar-refractivity contribution in [1.29, 1.82) is 0 Å². The number of benzene rings is 2. The number of hydrogen-bond acceptors (Lipinski definition) is 5. The van der Waals surface area contributed by atoms with Gasteiger partial charge >= 0.3 is 0 Å². The van der Waals surface area contributed by atoms with Gasteiger partial charge in [-0.1, -0.05) is 48.7 Å². The highest BCUT2D eigenvalue weighted by atomic mass is 35.5. The zero-order chi connectivity index (χ0) is 24.7. The fourth-order valence-corrected chi connectivity index (χ4v) is 4.72. The van der Waals surface area contributed by atoms with Gasteiger partial charge in [-0.3, -0.25) is 0 Å². The van der Waals surface area contributed by atoms with E-state index in [4.69, 9.17) is 49.5 Å². The summed E-state index contributed by atoms with van der Waals surface area (Å²) in [5.74, 6) is 2.08. The minimum atomic E-state index is 0.247. The molecular formula is C26H31Cl3N4O. The molecule has 0 spiro atoms. The van der Waals surface area contributed by atoms with Crippen molar-refractivity contribution in [2.75, 3.05) is 32.1 Å². The number of nitrogens with zero attached hydrogens (tertiary/aromatic N) is 3. The van der Waals surface area contributed by atoms with Gasteiger partial charge in [-0.25, -0.2) is 9.97 Å². The third-order valence-electron chi connectivity index (χ3n) is 5.75. The Kier molecular flexibility index (Phi) is 9.84. The second kappa shape index (κ2) is 12.6. The Balaban J connectivity index is 1.88. The van der Waals surface area contributed by atoms with Crippen molar-refractivity contribution in [2.45, 2.75) is 39.7 Å². The molecule has 1 atom stereocenters. The Hall–Kier alpha value is -2.05. The Labute approximate surface area is 217 Å². The first-order valence-corrected chi connectivity index (χ1v) is 12.6. The summed E-state index contributed by atoms with van der Waals surface area (Å²) in [6, 6.07) is 9.36. The lowest BCUT2D eigenvalue weighted by Crippen LogP contribution is -2.25. The second-order valence-corrected chi connectivity index (χ2v) is 9.40. The molecule has 0 aliphatic rings. The molecule has 0 saturated carbocycles. The highest BCUT2D eigenvalue weighted by Gasteiger charge is 2.12. The fourth-order valence-electron chi connectivity index (χ4n) is 3.77. The molecule has 182 valence electrons. The molecule has 0 bridgehead atoms. The molecule has 0 amide bonds. The molecule has 0 fully saturated rings. The molecule has 1 unspecified atom stereocenters. The zero-order valence-electron chi connectivity index (χ0n) is 20.0. The number of nitrogens with one attached hydrogen (secondary N) is 1. The van der Waals surface area contributed by atoms with Crippen LogP contribution in [0.15, 0.2) is 30.3 Å². The molecule has 1 N–H and O–H groups in total. The van der Waals surface area contributed by atoms with Crippen molar-refractivity contribution in [3.63, 3.8) is 0 Å². The summed E-state index contributed by atoms with van der Waals surface area (Å²) in [7, 11) is 1.65. The smallest absolute Gasteiger partial charge is 0.154 e. The monoisotopic (exact) mass is 520 g/mol. The third-order valence-corrected chi connectivity index (χ3v) is 6.60. The second-order valence-electron chi connectivity index (χ2n) is 8.14. The number of hydrogen-bond donors (Lipinski definition) is 1. The van der Waals surface area contributed by atoms with Crippen LogP contribution >= 0.6 is 34.8 Å². The quantitative estimate of drug-likeness (QED) is 0.280. The van der Waals surface area contributed by atoms with Crippen molar-refractivity contribution in [1.82, 2.24) is 14.9 Å². The number of methoxy groups -OCH3 is 1. The maximum atomic E-state index is 6.33. The standard InChI is InChI=1S/C26H31Cl3N4O/c1-5-33(6-2)13-7-8-17(3)30-26-21-16-19(34-4)9-11-24(21)31-25(32-26)12-10-20-22(28)14-18(27)15-23(20)29/h9-12,14-17H,5-8,13H2,1-4H3,(H,30,31,32)/b12-10+. The van der Waals surface area contributed by atoms with E-state index < -0.39 is 0 Å². The van der Waals surface area contributed by atoms with E-state index in [9.17, 15) is 0 Å². The SMILES string of the molecule is CCN(CC)CCCC(C)Nc1nc(/C=C/c2c(Cl)cc(Cl)cc2Cl)nc2ccc(OC)cc12. The molecule has 5 nitrogen and oxygen atoms in total. The number of halogens is 3. The Morgan fingerprint density at radius 1 is 1.03 bits per heavy atom. The maximum absolute atomic E-state index is 6.33. The first-order valence-electron chi connectivity index (χ1n) is 11.5. The number of ether oxygens (including phenoxy) is 1. The van der Waals surface area contributed by atoms with E-state index in [1.807, 2.05) is 24.3 Å². The number of anilines is 1. The molecule has 3 rings (SSSR count). The first-order chi connectivity index (χ1) is 16.3. The number of aromatic nitrogens is 2. The van der Waals surface area contributed by atoms with E-state index >= 15 is 0 Å². The van der Waals surface area contributed by atoms with Crippen LogP contribution < -0.4 is 10.1 Å². The molecule has 0 aliphatic heterocycles. The Bertz CT molecular complexity index is 1130. The van der Waals surface area contributed by atoms with E-state index in [2.05, 4.69) is 31.0 Å². The van der Waals surface area contributed by atoms with Gasteiger partial charge in [0.05, 0.1) is 22.7 Å². The van der Waals surface area contributed by atoms with Crippen LogP contribution in [-0.4, -0.2) is 47.7 Å². The summed E-state index contributed by atoms with van der Waals surface area (Å²) in [6.07, 6.45) is 5.76. The molecule has 2 aromatic carbocycles. The van der Waals surface area contributed by atoms with E-state index in [-0.39, 0.29) is 6.04 Å². The molecule has 0 saturated heterocycles. The van der Waals surface area contributed by atoms with E-state index in [1.54, 1.807) is 25.3 Å². The summed E-state index contributed by atoms with van der Waals surface area (Å²) in [6.45, 7) is 9.82. The summed E-state index contributed by atoms with van der Waals surface area (Å²) >= 11 is 18.7. The summed E-state index contributed by atoms with van der Waals surface area (Å²) in [5, 5.41) is 5.93. The van der Waals surface area contributed by atoms with E-state index in [0.29, 0.717) is 26.5 Å². The van der Waals surface area contributed by atoms with Gasteiger partial charge in [-0.15, -0.1) is 0 Å². The predicted molar refractivity (Wildman–Crippen MR) is 147 cm³/mol. The van der Waals surface area contributed by atoms with Gasteiger partial charge < -0.3 is 15.0 Å². The zero-order valence-corrected chi connectivity index (χ0v) is 22.3. The minimum absolute atomic E-state index is 0.247. The lowest BCUT2D eigenvalue weighted by atomic mass is 10.1. The van der Waals surface area contributed by atoms with Crippen LogP contribution in [0, 0.1) is 0 Å². The van der Waals surface area contributed by atoms with Crippen molar-refractivity contribution in [2.24, 2.45) is 0 Å². The number of fused-ring (bicyclic) bond motifs is 1. The van der Waals surface area contributed by atoms with Crippen molar-refractivity contribution >= 4 is 63.7 Å². The molecule has 1 aromatic heterocycles. The summed E-state index contributed by atoms with van der Waals surface area (Å²) in [5.41, 5.74) is 1.49. The molecule has 1 heterocycles. The lowest BCUT2D eigenvalue weighted by molar-refractivity contribution is 0.295. The van der Waals surface area contributed by atoms with Gasteiger partial charge in [0.25, 0.3) is 0 Å². The van der Waals surface area contributed by atoms with Gasteiger partial charge in [0.2, 0.25) is 0 Å². The highest BCUT2D eigenvalue weighted by Crippen LogP contribution is 2.31. The molecule has 0 radical (unpaired) electrons. The largest absolute Gasteiger partial charge is 0.497 e. The maximum Gasteiger partial charge on any atom is 0.154 e. The molecule has 34 heavy (non-hydrogen) atoms. The topological polar surface area (TPSA) is 50.3 Å². The average Bonchev–Trinajstić information content (AvgIpc) is 2.81. The van der Waals surface area contributed by atoms with Crippen LogP contribution in [0.1, 0.15) is 45.0 Å². The van der Waals surface area contributed by atoms with E-state index in [0.717, 1.165) is 54.9 Å². The van der Waals surface area contributed by atoms with Gasteiger partial charge in [0.1, 0.15) is 11.6 Å². The fraction of sp³-hybridized carbons (Fsp3) is 0.385. The Morgan fingerprint density at radius 2 is 1.74 bits per heavy atom. The summed E-state index contributed by atoms with van der Waals surface area (Å²) < 4.78 is 5.43. The van der Waals surface area contributed by atoms with Crippen LogP contribution in [0.25, 0.3) is 23.1 Å². The Morgan fingerprint density at radius 3 is 2.38 bits per heavy atom. The number of rotatable bonds is 11. The normalized spacial score (nSPS) is 12.6.